The molecule has 20 heteroatoms. The van der Waals surface area contributed by atoms with E-state index < -0.39 is 83.2 Å². The van der Waals surface area contributed by atoms with Gasteiger partial charge in [-0.3, -0.25) is 38.8 Å². The van der Waals surface area contributed by atoms with E-state index >= 15 is 4.79 Å². The van der Waals surface area contributed by atoms with E-state index in [1.807, 2.05) is 80.9 Å². The molecule has 0 bridgehead atoms. The number of unbranched alkanes of at least 4 members (excludes halogenated alkanes) is 1. The number of fused-ring (bicyclic) bond motifs is 1. The molecule has 1 N–H and O–H groups in total. The van der Waals surface area contributed by atoms with Gasteiger partial charge in [-0.15, -0.1) is 5.10 Å². The highest BCUT2D eigenvalue weighted by Gasteiger charge is 2.60. The highest BCUT2D eigenvalue weighted by molar-refractivity contribution is 6.00. The summed E-state index contributed by atoms with van der Waals surface area (Å²) in [6, 6.07) is 6.91. The molecule has 0 radical (unpaired) electrons. The number of imidazole rings is 1. The summed E-state index contributed by atoms with van der Waals surface area (Å²) in [5.74, 6) is -4.70. The molecule has 1 saturated carbocycles. The Kier molecular flexibility index (Phi) is 19.9. The van der Waals surface area contributed by atoms with E-state index in [-0.39, 0.29) is 30.6 Å². The van der Waals surface area contributed by atoms with Crippen molar-refractivity contribution in [3.63, 3.8) is 0 Å². The normalized spacial score (nSPS) is 31.7. The number of piperazine rings is 1. The minimum atomic E-state index is -1.41. The molecule has 4 aliphatic rings. The second-order valence-corrected chi connectivity index (χ2v) is 23.6. The first-order valence-corrected chi connectivity index (χ1v) is 28.8. The van der Waals surface area contributed by atoms with Crippen molar-refractivity contribution in [2.45, 2.75) is 168 Å². The molecule has 8 rings (SSSR count). The van der Waals surface area contributed by atoms with Gasteiger partial charge in [-0.2, -0.15) is 0 Å². The van der Waals surface area contributed by atoms with Gasteiger partial charge in [0.05, 0.1) is 54.2 Å². The van der Waals surface area contributed by atoms with Crippen LogP contribution in [0, 0.1) is 29.6 Å². The minimum absolute atomic E-state index is 0.131. The van der Waals surface area contributed by atoms with Crippen LogP contribution in [0.4, 0.5) is 4.79 Å². The molecule has 432 valence electrons. The van der Waals surface area contributed by atoms with Gasteiger partial charge in [-0.05, 0) is 102 Å². The molecule has 7 heterocycles. The molecule has 4 aromatic rings. The zero-order valence-electron chi connectivity index (χ0n) is 48.4. The molecular formula is C59H87N11O9. The van der Waals surface area contributed by atoms with Gasteiger partial charge in [-0.1, -0.05) is 39.8 Å². The number of aromatic nitrogens is 7. The van der Waals surface area contributed by atoms with Crippen LogP contribution in [0.15, 0.2) is 67.8 Å². The number of hydrogen-bond acceptors (Lipinski definition) is 17. The van der Waals surface area contributed by atoms with E-state index in [0.717, 1.165) is 69.2 Å². The molecule has 0 aromatic carbocycles. The maximum atomic E-state index is 15.0. The number of ether oxygens (including phenoxy) is 4. The van der Waals surface area contributed by atoms with Crippen LogP contribution in [0.1, 0.15) is 105 Å². The number of cyclic esters (lactones) is 1. The van der Waals surface area contributed by atoms with E-state index in [9.17, 15) is 19.5 Å². The van der Waals surface area contributed by atoms with Crippen molar-refractivity contribution >= 4 is 23.6 Å². The number of ketones is 2. The van der Waals surface area contributed by atoms with Crippen LogP contribution in [0.5, 0.6) is 0 Å². The van der Waals surface area contributed by atoms with Crippen LogP contribution in [-0.4, -0.2) is 191 Å². The Balaban J connectivity index is 0.923. The molecule has 1 aliphatic carbocycles. The third kappa shape index (κ3) is 14.0. The quantitative estimate of drug-likeness (QED) is 0.0647. The first-order valence-electron chi connectivity index (χ1n) is 28.8. The Morgan fingerprint density at radius 3 is 2.30 bits per heavy atom. The second-order valence-electron chi connectivity index (χ2n) is 23.6. The van der Waals surface area contributed by atoms with E-state index in [2.05, 4.69) is 59.0 Å². The van der Waals surface area contributed by atoms with Gasteiger partial charge < -0.3 is 38.4 Å². The lowest BCUT2D eigenvalue weighted by molar-refractivity contribution is -0.206. The first kappa shape index (κ1) is 59.6. The van der Waals surface area contributed by atoms with Crippen molar-refractivity contribution in [1.29, 1.82) is 0 Å². The lowest BCUT2D eigenvalue weighted by Gasteiger charge is -2.47. The van der Waals surface area contributed by atoms with Crippen LogP contribution >= 0.6 is 0 Å². The molecule has 20 nitrogen and oxygen atoms in total. The average molecular weight is 1090 g/mol. The van der Waals surface area contributed by atoms with Gasteiger partial charge in [0.2, 0.25) is 0 Å². The molecule has 79 heavy (non-hydrogen) atoms. The summed E-state index contributed by atoms with van der Waals surface area (Å²) in [5, 5.41) is 21.3. The van der Waals surface area contributed by atoms with E-state index in [1.165, 1.54) is 12.5 Å². The fourth-order valence-electron chi connectivity index (χ4n) is 13.0. The van der Waals surface area contributed by atoms with Gasteiger partial charge in [-0.25, -0.2) is 9.78 Å². The van der Waals surface area contributed by atoms with Crippen molar-refractivity contribution in [2.75, 3.05) is 60.0 Å². The molecule has 3 saturated heterocycles. The number of carbonyl (C=O) groups is 4. The van der Waals surface area contributed by atoms with Gasteiger partial charge in [0, 0.05) is 139 Å². The van der Waals surface area contributed by atoms with Gasteiger partial charge in [0.25, 0.3) is 0 Å². The van der Waals surface area contributed by atoms with E-state index in [4.69, 9.17) is 18.9 Å². The highest BCUT2D eigenvalue weighted by atomic mass is 16.6. The summed E-state index contributed by atoms with van der Waals surface area (Å²) in [6.07, 6.45) is 12.4. The van der Waals surface area contributed by atoms with Crippen LogP contribution in [-0.2, 0) is 59.4 Å². The number of aryl methyl sites for hydroxylation is 1. The molecule has 0 spiro atoms. The number of amides is 1. The number of Topliss-reactive ketones (excluding diaryl/α,β-unsaturated/α-hetero) is 2. The maximum Gasteiger partial charge on any atom is 0.410 e. The lowest BCUT2D eigenvalue weighted by atomic mass is 9.73. The lowest BCUT2D eigenvalue weighted by Crippen LogP contribution is -2.60. The van der Waals surface area contributed by atoms with Gasteiger partial charge in [0.1, 0.15) is 17.8 Å². The predicted molar refractivity (Wildman–Crippen MR) is 296 cm³/mol. The van der Waals surface area contributed by atoms with Crippen LogP contribution in [0.2, 0.25) is 0 Å². The second kappa shape index (κ2) is 26.4. The van der Waals surface area contributed by atoms with E-state index in [1.54, 1.807) is 44.6 Å². The Morgan fingerprint density at radius 2 is 1.59 bits per heavy atom. The fourth-order valence-corrected chi connectivity index (χ4v) is 13.0. The third-order valence-corrected chi connectivity index (χ3v) is 17.8. The van der Waals surface area contributed by atoms with Crippen molar-refractivity contribution in [2.24, 2.45) is 29.6 Å². The van der Waals surface area contributed by atoms with Crippen molar-refractivity contribution in [3.8, 4) is 11.3 Å². The molecule has 0 unspecified atom stereocenters. The smallest absolute Gasteiger partial charge is 0.410 e. The molecular weight excluding hydrogens is 1010 g/mol. The number of methoxy groups -OCH3 is 1. The minimum Gasteiger partial charge on any atom is -0.458 e. The maximum absolute atomic E-state index is 15.0. The summed E-state index contributed by atoms with van der Waals surface area (Å²) in [4.78, 5) is 79.8. The number of pyridine rings is 2. The number of esters is 1. The van der Waals surface area contributed by atoms with Gasteiger partial charge in [0.15, 0.2) is 11.4 Å². The first-order chi connectivity index (χ1) is 37.8. The molecule has 4 fully saturated rings. The topological polar surface area (TPSA) is 213 Å². The molecule has 13 atom stereocenters. The zero-order valence-corrected chi connectivity index (χ0v) is 48.4. The average Bonchev–Trinajstić information content (AvgIpc) is 4.40. The third-order valence-electron chi connectivity index (χ3n) is 17.8. The van der Waals surface area contributed by atoms with E-state index in [0.29, 0.717) is 45.3 Å². The number of aliphatic hydroxyl groups excluding tert-OH is 1. The number of likely N-dealkylation sites (N-methyl/N-ethyl adjacent to an activating group) is 1. The SMILES string of the molecule is CC[C@H]1OC(=O)[C@H](C)C(=O)[C@H](C)[C@@H](O[C@@H]2C[C@H](C)C[C@H](N(C)CCc3cn(CCN4CCN(Cc5ccncc5)CC4)nn3)[C@H]2O)[C@](C)(OC)C[C@@H](C)C(=O)[C@H](C)[C@H]2N(CCCCn3cnc(-c4cccnc4)c3)C(=O)O[C@]12C. The van der Waals surface area contributed by atoms with Gasteiger partial charge >= 0.3 is 12.1 Å². The standard InChI is InChI=1S/C59H87N11O9/c1-11-50-59(8)54(70(57(75)79-59)23-13-12-22-68-37-47(62-38-68)45-15-14-19-61-34-45)41(4)51(71)40(3)33-58(7,76-10)55(42(5)52(72)43(6)56(74)78-50)77-49-32-39(2)31-48(53(49)73)65(9)24-18-46-36-69(64-63-46)30-29-66-25-27-67(28-26-66)35-44-16-20-60-21-17-44/h14-17,19-21,34,36-43,48-50,53-55,73H,11-13,18,22-33,35H2,1-10H3/t39-,40-,41+,42+,43-,48+,49-,50-,53-,54-,55-,58-,59-/m1/s1. The van der Waals surface area contributed by atoms with Crippen LogP contribution < -0.4 is 0 Å². The monoisotopic (exact) mass is 1090 g/mol. The summed E-state index contributed by atoms with van der Waals surface area (Å²) >= 11 is 0. The number of hydrogen-bond donors (Lipinski definition) is 1. The Hall–Kier alpha value is -5.51. The number of carbonyl (C=O) groups excluding carboxylic acids is 4. The highest BCUT2D eigenvalue weighted by Crippen LogP contribution is 2.43. The van der Waals surface area contributed by atoms with Crippen molar-refractivity contribution in [1.82, 2.24) is 54.1 Å². The number of aliphatic hydroxyl groups is 1. The van der Waals surface area contributed by atoms with Crippen molar-refractivity contribution in [3.05, 3.63) is 79.0 Å². The molecule has 3 aliphatic heterocycles. The predicted octanol–water partition coefficient (Wildman–Crippen LogP) is 6.01. The Labute approximate surface area is 466 Å². The molecule has 1 amide bonds. The Morgan fingerprint density at radius 1 is 0.861 bits per heavy atom. The summed E-state index contributed by atoms with van der Waals surface area (Å²) in [5.41, 5.74) is 1.23. The molecule has 4 aromatic heterocycles. The Bertz CT molecular complexity index is 2630. The fraction of sp³-hybridized carbons (Fsp3) is 0.678. The summed E-state index contributed by atoms with van der Waals surface area (Å²) < 4.78 is 29.9. The number of rotatable bonds is 19. The summed E-state index contributed by atoms with van der Waals surface area (Å²) in [6.45, 7) is 22.7. The number of nitrogens with zero attached hydrogens (tertiary/aromatic N) is 11. The van der Waals surface area contributed by atoms with Crippen molar-refractivity contribution < 1.29 is 43.2 Å². The van der Waals surface area contributed by atoms with Crippen LogP contribution in [0.3, 0.4) is 0 Å². The van der Waals surface area contributed by atoms with Crippen LogP contribution in [0.25, 0.3) is 11.3 Å². The summed E-state index contributed by atoms with van der Waals surface area (Å²) in [7, 11) is 3.56. The largest absolute Gasteiger partial charge is 0.458 e. The zero-order chi connectivity index (χ0) is 56.6.